The van der Waals surface area contributed by atoms with E-state index in [1.54, 1.807) is 35.6 Å². The van der Waals surface area contributed by atoms with Crippen LogP contribution < -0.4 is 10.6 Å². The van der Waals surface area contributed by atoms with Crippen LogP contribution in [0.3, 0.4) is 0 Å². The molecule has 2 saturated heterocycles. The minimum atomic E-state index is -0.376. The highest BCUT2D eigenvalue weighted by atomic mass is 32.1. The van der Waals surface area contributed by atoms with E-state index in [9.17, 15) is 14.4 Å². The third-order valence-corrected chi connectivity index (χ3v) is 7.05. The van der Waals surface area contributed by atoms with Crippen LogP contribution in [0.1, 0.15) is 46.6 Å². The van der Waals surface area contributed by atoms with Crippen molar-refractivity contribution in [2.75, 3.05) is 26.2 Å². The Morgan fingerprint density at radius 3 is 2.55 bits per heavy atom. The van der Waals surface area contributed by atoms with Crippen molar-refractivity contribution in [3.63, 3.8) is 0 Å². The normalized spacial score (nSPS) is 18.8. The Balaban J connectivity index is 1.36. The average Bonchev–Trinajstić information content (AvgIpc) is 3.41. The first kappa shape index (κ1) is 21.5. The van der Waals surface area contributed by atoms with E-state index >= 15 is 0 Å². The van der Waals surface area contributed by atoms with Crippen molar-refractivity contribution in [3.8, 4) is 0 Å². The van der Waals surface area contributed by atoms with Gasteiger partial charge in [0.15, 0.2) is 0 Å². The molecule has 1 aromatic heterocycles. The number of amides is 4. The largest absolute Gasteiger partial charge is 0.350 e. The number of carbonyl (C=O) groups excluding carboxylic acids is 3. The molecule has 0 bridgehead atoms. The summed E-state index contributed by atoms with van der Waals surface area (Å²) >= 11 is 1.73. The molecular weight excluding hydrogens is 412 g/mol. The van der Waals surface area contributed by atoms with Gasteiger partial charge in [0, 0.05) is 17.0 Å². The summed E-state index contributed by atoms with van der Waals surface area (Å²) in [6, 6.07) is 11.1. The van der Waals surface area contributed by atoms with Gasteiger partial charge in [-0.15, -0.1) is 11.3 Å². The number of thiophene rings is 1. The number of nitrogens with one attached hydrogen (secondary N) is 2. The lowest BCUT2D eigenvalue weighted by Crippen LogP contribution is -2.41. The number of likely N-dealkylation sites (tertiary alicyclic amines) is 1. The fraction of sp³-hybridized carbons (Fsp3) is 0.435. The Morgan fingerprint density at radius 2 is 1.94 bits per heavy atom. The lowest BCUT2D eigenvalue weighted by molar-refractivity contribution is -0.125. The summed E-state index contributed by atoms with van der Waals surface area (Å²) in [7, 11) is 0. The molecule has 1 aromatic carbocycles. The molecule has 2 fully saturated rings. The lowest BCUT2D eigenvalue weighted by atomic mass is 9.97. The summed E-state index contributed by atoms with van der Waals surface area (Å²) in [5, 5.41) is 7.69. The van der Waals surface area contributed by atoms with Gasteiger partial charge in [0.1, 0.15) is 0 Å². The first-order chi connectivity index (χ1) is 15.0. The Morgan fingerprint density at radius 1 is 1.19 bits per heavy atom. The van der Waals surface area contributed by atoms with Gasteiger partial charge in [-0.1, -0.05) is 25.1 Å². The molecule has 164 valence electrons. The number of carbonyl (C=O) groups is 3. The van der Waals surface area contributed by atoms with E-state index in [1.165, 1.54) is 22.6 Å². The summed E-state index contributed by atoms with van der Waals surface area (Å²) < 4.78 is 0. The number of rotatable bonds is 7. The first-order valence-corrected chi connectivity index (χ1v) is 11.6. The second-order valence-corrected chi connectivity index (χ2v) is 9.27. The summed E-state index contributed by atoms with van der Waals surface area (Å²) in [5.41, 5.74) is 1.37. The standard InChI is InChI=1S/C23H28N4O3S/c1-16-8-10-26(11-9-16)19(20-3-2-12-31-20)13-24-22(29)18-6-4-17(5-7-18)15-27-21(28)14-25-23(27)30/h2-7,12,16,19H,8-11,13-15H2,1H3,(H,24,29)(H,25,30)/t19-/m0/s1. The third-order valence-electron chi connectivity index (χ3n) is 6.08. The minimum Gasteiger partial charge on any atom is -0.350 e. The van der Waals surface area contributed by atoms with E-state index in [2.05, 4.69) is 40.0 Å². The number of imide groups is 1. The molecule has 0 spiro atoms. The van der Waals surface area contributed by atoms with E-state index in [4.69, 9.17) is 0 Å². The number of benzene rings is 1. The summed E-state index contributed by atoms with van der Waals surface area (Å²) in [5.74, 6) is 0.405. The van der Waals surface area contributed by atoms with Crippen LogP contribution in [-0.4, -0.2) is 53.8 Å². The lowest BCUT2D eigenvalue weighted by Gasteiger charge is -2.36. The van der Waals surface area contributed by atoms with Gasteiger partial charge >= 0.3 is 6.03 Å². The van der Waals surface area contributed by atoms with Gasteiger partial charge in [0.25, 0.3) is 5.91 Å². The minimum absolute atomic E-state index is 0.0423. The van der Waals surface area contributed by atoms with Crippen LogP contribution in [0.25, 0.3) is 0 Å². The van der Waals surface area contributed by atoms with Gasteiger partial charge in [-0.2, -0.15) is 0 Å². The number of piperidine rings is 1. The van der Waals surface area contributed by atoms with E-state index in [0.29, 0.717) is 12.1 Å². The van der Waals surface area contributed by atoms with Gasteiger partial charge < -0.3 is 10.6 Å². The van der Waals surface area contributed by atoms with Crippen LogP contribution in [0.4, 0.5) is 4.79 Å². The fourth-order valence-electron chi connectivity index (χ4n) is 4.08. The van der Waals surface area contributed by atoms with E-state index < -0.39 is 0 Å². The quantitative estimate of drug-likeness (QED) is 0.649. The molecule has 31 heavy (non-hydrogen) atoms. The second-order valence-electron chi connectivity index (χ2n) is 8.30. The molecule has 7 nitrogen and oxygen atoms in total. The van der Waals surface area contributed by atoms with E-state index in [-0.39, 0.29) is 37.0 Å². The first-order valence-electron chi connectivity index (χ1n) is 10.7. The molecule has 2 aliphatic heterocycles. The molecule has 4 amide bonds. The zero-order valence-electron chi connectivity index (χ0n) is 17.7. The Labute approximate surface area is 186 Å². The highest BCUT2D eigenvalue weighted by Crippen LogP contribution is 2.29. The topological polar surface area (TPSA) is 81.8 Å². The molecule has 2 aliphatic rings. The van der Waals surface area contributed by atoms with Gasteiger partial charge in [-0.3, -0.25) is 19.4 Å². The molecular formula is C23H28N4O3S. The van der Waals surface area contributed by atoms with Gasteiger partial charge in [-0.05, 0) is 61.0 Å². The molecule has 0 aliphatic carbocycles. The zero-order chi connectivity index (χ0) is 21.8. The summed E-state index contributed by atoms with van der Waals surface area (Å²) in [6.45, 7) is 5.22. The smallest absolute Gasteiger partial charge is 0.324 e. The predicted octanol–water partition coefficient (Wildman–Crippen LogP) is 3.00. The maximum atomic E-state index is 12.8. The molecule has 0 radical (unpaired) electrons. The van der Waals surface area contributed by atoms with Crippen molar-refractivity contribution in [1.82, 2.24) is 20.4 Å². The van der Waals surface area contributed by atoms with Gasteiger partial charge in [-0.25, -0.2) is 4.79 Å². The fourth-order valence-corrected chi connectivity index (χ4v) is 4.94. The summed E-state index contributed by atoms with van der Waals surface area (Å²) in [4.78, 5) is 41.1. The zero-order valence-corrected chi connectivity index (χ0v) is 18.5. The van der Waals surface area contributed by atoms with Crippen molar-refractivity contribution in [2.45, 2.75) is 32.4 Å². The highest BCUT2D eigenvalue weighted by Gasteiger charge is 2.28. The monoisotopic (exact) mass is 440 g/mol. The SMILES string of the molecule is CC1CCN([C@@H](CNC(=O)c2ccc(CN3C(=O)CNC3=O)cc2)c2cccs2)CC1. The molecule has 8 heteroatoms. The van der Waals surface area contributed by atoms with Crippen LogP contribution in [0.15, 0.2) is 41.8 Å². The molecule has 1 atom stereocenters. The third kappa shape index (κ3) is 5.14. The maximum Gasteiger partial charge on any atom is 0.324 e. The number of hydrogen-bond acceptors (Lipinski definition) is 5. The average molecular weight is 441 g/mol. The molecule has 0 unspecified atom stereocenters. The van der Waals surface area contributed by atoms with Crippen LogP contribution >= 0.6 is 11.3 Å². The molecule has 4 rings (SSSR count). The maximum absolute atomic E-state index is 12.8. The van der Waals surface area contributed by atoms with Crippen LogP contribution in [-0.2, 0) is 11.3 Å². The van der Waals surface area contributed by atoms with Crippen molar-refractivity contribution >= 4 is 29.2 Å². The van der Waals surface area contributed by atoms with Gasteiger partial charge in [0.2, 0.25) is 5.91 Å². The predicted molar refractivity (Wildman–Crippen MR) is 120 cm³/mol. The number of urea groups is 1. The van der Waals surface area contributed by atoms with Crippen LogP contribution in [0, 0.1) is 5.92 Å². The van der Waals surface area contributed by atoms with Crippen LogP contribution in [0.5, 0.6) is 0 Å². The van der Waals surface area contributed by atoms with E-state index in [1.807, 2.05) is 0 Å². The molecule has 2 aromatic rings. The van der Waals surface area contributed by atoms with E-state index in [0.717, 1.165) is 24.6 Å². The second kappa shape index (κ2) is 9.62. The van der Waals surface area contributed by atoms with Crippen molar-refractivity contribution in [2.24, 2.45) is 5.92 Å². The van der Waals surface area contributed by atoms with Gasteiger partial charge in [0.05, 0.1) is 19.1 Å². The Bertz CT molecular complexity index is 905. The number of hydrogen-bond donors (Lipinski definition) is 2. The highest BCUT2D eigenvalue weighted by molar-refractivity contribution is 7.10. The van der Waals surface area contributed by atoms with Crippen molar-refractivity contribution in [1.29, 1.82) is 0 Å². The summed E-state index contributed by atoms with van der Waals surface area (Å²) in [6.07, 6.45) is 2.38. The molecule has 0 saturated carbocycles. The van der Waals surface area contributed by atoms with Crippen LogP contribution in [0.2, 0.25) is 0 Å². The molecule has 3 heterocycles. The van der Waals surface area contributed by atoms with Crippen molar-refractivity contribution in [3.05, 3.63) is 57.8 Å². The Hall–Kier alpha value is -2.71. The molecule has 2 N–H and O–H groups in total. The number of nitrogens with zero attached hydrogens (tertiary/aromatic N) is 2. The Kier molecular flexibility index (Phi) is 6.67. The van der Waals surface area contributed by atoms with Crippen molar-refractivity contribution < 1.29 is 14.4 Å².